The number of epoxide rings is 1. The first-order valence-corrected chi connectivity index (χ1v) is 4.93. The topological polar surface area (TPSA) is 21.8 Å². The molecular weight excluding hydrogens is 337 g/mol. The van der Waals surface area contributed by atoms with Gasteiger partial charge in [-0.15, -0.1) is 0 Å². The second-order valence-electron chi connectivity index (χ2n) is 4.08. The molecule has 0 aromatic rings. The lowest BCUT2D eigenvalue weighted by Gasteiger charge is -2.34. The SMILES string of the molecule is FC(F)(F)C(F)(F)C(F)(F)O[C@](F)(C[C@@H]1CO1)C(F)(F)F. The Balaban J connectivity index is 3.07. The Bertz CT molecular complexity index is 383. The highest BCUT2D eigenvalue weighted by molar-refractivity contribution is 4.91. The molecule has 0 spiro atoms. The summed E-state index contributed by atoms with van der Waals surface area (Å²) in [5, 5.41) is 0. The zero-order valence-corrected chi connectivity index (χ0v) is 9.47. The Hall–Kier alpha value is -0.850. The molecule has 13 heteroatoms. The van der Waals surface area contributed by atoms with Crippen molar-refractivity contribution in [2.24, 2.45) is 0 Å². The van der Waals surface area contributed by atoms with Crippen LogP contribution in [-0.2, 0) is 9.47 Å². The van der Waals surface area contributed by atoms with Gasteiger partial charge in [-0.05, 0) is 0 Å². The maximum atomic E-state index is 13.4. The molecule has 2 atom stereocenters. The standard InChI is InChI=1S/C8H5F11O2/c9-4(6(12,13)14,1-3-2-20-3)21-8(18,19)5(10,11)7(15,16)17/h3H,1-2H2/t3-,4-/m1/s1. The van der Waals surface area contributed by atoms with E-state index in [1.807, 2.05) is 0 Å². The normalized spacial score (nSPS) is 23.9. The fourth-order valence-corrected chi connectivity index (χ4v) is 1.13. The van der Waals surface area contributed by atoms with Crippen molar-refractivity contribution in [1.82, 2.24) is 0 Å². The summed E-state index contributed by atoms with van der Waals surface area (Å²) in [6.45, 7) is -0.508. The Morgan fingerprint density at radius 2 is 1.24 bits per heavy atom. The van der Waals surface area contributed by atoms with Crippen LogP contribution in [0.15, 0.2) is 0 Å². The van der Waals surface area contributed by atoms with Gasteiger partial charge in [-0.1, -0.05) is 0 Å². The zero-order valence-electron chi connectivity index (χ0n) is 9.47. The molecule has 0 N–H and O–H groups in total. The van der Waals surface area contributed by atoms with Crippen molar-refractivity contribution in [3.8, 4) is 0 Å². The van der Waals surface area contributed by atoms with Crippen LogP contribution < -0.4 is 0 Å². The molecule has 2 nitrogen and oxygen atoms in total. The number of halogens is 11. The highest BCUT2D eigenvalue weighted by Gasteiger charge is 2.78. The molecule has 1 heterocycles. The second kappa shape index (κ2) is 4.83. The Kier molecular flexibility index (Phi) is 4.18. The number of rotatable bonds is 5. The minimum absolute atomic E-state index is 0.508. The molecule has 0 aromatic heterocycles. The number of alkyl halides is 11. The monoisotopic (exact) mass is 342 g/mol. The molecule has 0 unspecified atom stereocenters. The van der Waals surface area contributed by atoms with Crippen molar-refractivity contribution in [1.29, 1.82) is 0 Å². The van der Waals surface area contributed by atoms with E-state index in [2.05, 4.69) is 9.47 Å². The van der Waals surface area contributed by atoms with Gasteiger partial charge in [-0.25, -0.2) is 4.39 Å². The van der Waals surface area contributed by atoms with Gasteiger partial charge < -0.3 is 4.74 Å². The van der Waals surface area contributed by atoms with Crippen molar-refractivity contribution in [3.05, 3.63) is 0 Å². The first-order chi connectivity index (χ1) is 9.04. The molecule has 1 saturated heterocycles. The van der Waals surface area contributed by atoms with Crippen molar-refractivity contribution in [2.45, 2.75) is 42.8 Å². The minimum Gasteiger partial charge on any atom is -0.373 e. The maximum Gasteiger partial charge on any atom is 0.462 e. The molecule has 0 aromatic carbocycles. The molecule has 126 valence electrons. The van der Waals surface area contributed by atoms with Crippen LogP contribution in [0, 0.1) is 0 Å². The van der Waals surface area contributed by atoms with E-state index in [0.29, 0.717) is 0 Å². The summed E-state index contributed by atoms with van der Waals surface area (Å²) in [5.74, 6) is -12.4. The molecule has 1 aliphatic rings. The molecule has 21 heavy (non-hydrogen) atoms. The Morgan fingerprint density at radius 3 is 1.52 bits per heavy atom. The predicted octanol–water partition coefficient (Wildman–Crippen LogP) is 3.81. The van der Waals surface area contributed by atoms with Crippen LogP contribution >= 0.6 is 0 Å². The summed E-state index contributed by atoms with van der Waals surface area (Å²) in [6.07, 6.45) is -23.6. The number of ether oxygens (including phenoxy) is 2. The summed E-state index contributed by atoms with van der Waals surface area (Å²) < 4.78 is 142. The molecule has 1 aliphatic heterocycles. The zero-order chi connectivity index (χ0) is 16.9. The molecule has 0 saturated carbocycles. The van der Waals surface area contributed by atoms with Crippen LogP contribution in [0.3, 0.4) is 0 Å². The summed E-state index contributed by atoms with van der Waals surface area (Å²) in [4.78, 5) is 0. The minimum atomic E-state index is -7.02. The highest BCUT2D eigenvalue weighted by atomic mass is 19.4. The van der Waals surface area contributed by atoms with E-state index in [0.717, 1.165) is 0 Å². The quantitative estimate of drug-likeness (QED) is 0.560. The van der Waals surface area contributed by atoms with Gasteiger partial charge in [0.15, 0.2) is 0 Å². The van der Waals surface area contributed by atoms with Gasteiger partial charge in [0.2, 0.25) is 0 Å². The predicted molar refractivity (Wildman–Crippen MR) is 41.3 cm³/mol. The molecular formula is C8H5F11O2. The first-order valence-electron chi connectivity index (χ1n) is 4.93. The van der Waals surface area contributed by atoms with E-state index in [-0.39, 0.29) is 0 Å². The fourth-order valence-electron chi connectivity index (χ4n) is 1.13. The highest BCUT2D eigenvalue weighted by Crippen LogP contribution is 2.52. The lowest BCUT2D eigenvalue weighted by molar-refractivity contribution is -0.484. The van der Waals surface area contributed by atoms with Crippen molar-refractivity contribution < 1.29 is 57.8 Å². The third kappa shape index (κ3) is 3.49. The largest absolute Gasteiger partial charge is 0.462 e. The molecule has 0 amide bonds. The first kappa shape index (κ1) is 18.2. The maximum absolute atomic E-state index is 13.4. The summed E-state index contributed by atoms with van der Waals surface area (Å²) >= 11 is 0. The second-order valence-corrected chi connectivity index (χ2v) is 4.08. The van der Waals surface area contributed by atoms with E-state index in [1.54, 1.807) is 0 Å². The van der Waals surface area contributed by atoms with Crippen LogP contribution in [0.5, 0.6) is 0 Å². The molecule has 0 aliphatic carbocycles. The van der Waals surface area contributed by atoms with Crippen molar-refractivity contribution in [2.75, 3.05) is 6.61 Å². The van der Waals surface area contributed by atoms with Gasteiger partial charge in [-0.2, -0.15) is 43.9 Å². The van der Waals surface area contributed by atoms with Crippen LogP contribution in [0.2, 0.25) is 0 Å². The van der Waals surface area contributed by atoms with Gasteiger partial charge in [0.25, 0.3) is 0 Å². The fraction of sp³-hybridized carbons (Fsp3) is 1.00. The third-order valence-electron chi connectivity index (χ3n) is 2.33. The number of hydrogen-bond donors (Lipinski definition) is 0. The Morgan fingerprint density at radius 1 is 0.810 bits per heavy atom. The van der Waals surface area contributed by atoms with E-state index >= 15 is 0 Å². The van der Waals surface area contributed by atoms with Crippen LogP contribution in [0.4, 0.5) is 48.3 Å². The van der Waals surface area contributed by atoms with E-state index in [1.165, 1.54) is 0 Å². The van der Waals surface area contributed by atoms with Gasteiger partial charge in [0.1, 0.15) is 0 Å². The smallest absolute Gasteiger partial charge is 0.373 e. The van der Waals surface area contributed by atoms with Crippen LogP contribution in [-0.4, -0.2) is 42.9 Å². The van der Waals surface area contributed by atoms with Gasteiger partial charge >= 0.3 is 30.2 Å². The number of hydrogen-bond acceptors (Lipinski definition) is 2. The molecule has 0 bridgehead atoms. The lowest BCUT2D eigenvalue weighted by atomic mass is 10.1. The summed E-state index contributed by atoms with van der Waals surface area (Å²) in [5.41, 5.74) is 0. The summed E-state index contributed by atoms with van der Waals surface area (Å²) in [7, 11) is 0. The molecule has 1 fully saturated rings. The van der Waals surface area contributed by atoms with E-state index in [9.17, 15) is 48.3 Å². The van der Waals surface area contributed by atoms with E-state index < -0.39 is 49.4 Å². The van der Waals surface area contributed by atoms with Crippen LogP contribution in [0.25, 0.3) is 0 Å². The van der Waals surface area contributed by atoms with Gasteiger partial charge in [-0.3, -0.25) is 4.74 Å². The lowest BCUT2D eigenvalue weighted by Crippen LogP contribution is -2.59. The summed E-state index contributed by atoms with van der Waals surface area (Å²) in [6, 6.07) is 0. The Labute approximate surface area is 108 Å². The van der Waals surface area contributed by atoms with E-state index in [4.69, 9.17) is 0 Å². The van der Waals surface area contributed by atoms with Crippen molar-refractivity contribution >= 4 is 0 Å². The average molecular weight is 342 g/mol. The van der Waals surface area contributed by atoms with Crippen LogP contribution in [0.1, 0.15) is 6.42 Å². The molecule has 1 rings (SSSR count). The average Bonchev–Trinajstić information content (AvgIpc) is 2.96. The molecule has 0 radical (unpaired) electrons. The van der Waals surface area contributed by atoms with Gasteiger partial charge in [0, 0.05) is 6.42 Å². The van der Waals surface area contributed by atoms with Crippen molar-refractivity contribution in [3.63, 3.8) is 0 Å². The third-order valence-corrected chi connectivity index (χ3v) is 2.33. The van der Waals surface area contributed by atoms with Gasteiger partial charge in [0.05, 0.1) is 12.7 Å².